The number of aryl methyl sites for hydroxylation is 1. The fourth-order valence-corrected chi connectivity index (χ4v) is 4.53. The predicted octanol–water partition coefficient (Wildman–Crippen LogP) is 1.78. The van der Waals surface area contributed by atoms with Crippen LogP contribution in [0.4, 0.5) is 0 Å². The third-order valence-corrected chi connectivity index (χ3v) is 6.59. The number of carboxylic acid groups (broad SMARTS) is 2. The average molecular weight is 435 g/mol. The summed E-state index contributed by atoms with van der Waals surface area (Å²) in [5, 5.41) is 14.8. The van der Waals surface area contributed by atoms with Crippen molar-refractivity contribution in [3.05, 3.63) is 66.2 Å². The summed E-state index contributed by atoms with van der Waals surface area (Å²) in [5.74, 6) is -3.65. The number of carboxylic acids is 2. The van der Waals surface area contributed by atoms with Gasteiger partial charge in [0.05, 0.1) is 4.90 Å². The van der Waals surface area contributed by atoms with Crippen molar-refractivity contribution in [2.24, 2.45) is 0 Å². The van der Waals surface area contributed by atoms with E-state index in [9.17, 15) is 8.42 Å². The number of hydrogen-bond acceptors (Lipinski definition) is 5. The van der Waals surface area contributed by atoms with Crippen LogP contribution in [0.5, 0.6) is 0 Å². The Kier molecular flexibility index (Phi) is 8.97. The Morgan fingerprint density at radius 1 is 0.800 bits per heavy atom. The first-order valence-electron chi connectivity index (χ1n) is 9.58. The van der Waals surface area contributed by atoms with E-state index in [2.05, 4.69) is 29.2 Å². The Morgan fingerprint density at radius 3 is 1.80 bits per heavy atom. The van der Waals surface area contributed by atoms with E-state index in [1.54, 1.807) is 28.6 Å². The van der Waals surface area contributed by atoms with Gasteiger partial charge in [-0.25, -0.2) is 18.0 Å². The van der Waals surface area contributed by atoms with Gasteiger partial charge in [-0.1, -0.05) is 48.5 Å². The minimum absolute atomic E-state index is 0.391. The molecule has 0 aromatic heterocycles. The van der Waals surface area contributed by atoms with Gasteiger partial charge >= 0.3 is 11.9 Å². The zero-order valence-corrected chi connectivity index (χ0v) is 17.4. The topological polar surface area (TPSA) is 115 Å². The van der Waals surface area contributed by atoms with Crippen LogP contribution in [0.3, 0.4) is 0 Å². The van der Waals surface area contributed by atoms with Crippen LogP contribution in [0.25, 0.3) is 0 Å². The number of nitrogens with zero attached hydrogens (tertiary/aromatic N) is 2. The molecule has 1 aliphatic rings. The lowest BCUT2D eigenvalue weighted by molar-refractivity contribution is -0.159. The lowest BCUT2D eigenvalue weighted by atomic mass is 10.1. The number of sulfonamides is 1. The van der Waals surface area contributed by atoms with Gasteiger partial charge in [-0.2, -0.15) is 4.31 Å². The Morgan fingerprint density at radius 2 is 1.30 bits per heavy atom. The smallest absolute Gasteiger partial charge is 0.414 e. The van der Waals surface area contributed by atoms with E-state index in [1.165, 1.54) is 5.56 Å². The fourth-order valence-electron chi connectivity index (χ4n) is 3.09. The lowest BCUT2D eigenvalue weighted by Gasteiger charge is -2.34. The molecule has 0 bridgehead atoms. The Hall–Kier alpha value is -2.75. The molecule has 1 heterocycles. The molecule has 0 radical (unpaired) electrons. The van der Waals surface area contributed by atoms with E-state index in [1.807, 2.05) is 12.1 Å². The molecule has 0 amide bonds. The van der Waals surface area contributed by atoms with Crippen LogP contribution in [0.1, 0.15) is 12.0 Å². The van der Waals surface area contributed by atoms with Gasteiger partial charge < -0.3 is 15.1 Å². The highest BCUT2D eigenvalue weighted by atomic mass is 32.2. The van der Waals surface area contributed by atoms with Crippen molar-refractivity contribution in [1.29, 1.82) is 0 Å². The molecule has 3 rings (SSSR count). The standard InChI is InChI=1S/C19H24N2O2S.C2H2O4/c22-24(23,19-11-5-2-6-12-19)21-16-14-20(15-17-21)13-7-10-18-8-3-1-4-9-18;3-1(4)2(5)6/h1-6,8-9,11-12H,7,10,13-17H2;(H,3,4)(H,5,6). The summed E-state index contributed by atoms with van der Waals surface area (Å²) < 4.78 is 26.8. The molecular formula is C21H26N2O6S. The van der Waals surface area contributed by atoms with Gasteiger partial charge in [-0.05, 0) is 37.1 Å². The minimum atomic E-state index is -3.34. The molecule has 30 heavy (non-hydrogen) atoms. The van der Waals surface area contributed by atoms with Crippen LogP contribution in [0.15, 0.2) is 65.6 Å². The van der Waals surface area contributed by atoms with Gasteiger partial charge in [0.25, 0.3) is 0 Å². The number of carbonyl (C=O) groups is 2. The van der Waals surface area contributed by atoms with Crippen LogP contribution in [-0.4, -0.2) is 72.5 Å². The van der Waals surface area contributed by atoms with Crippen LogP contribution in [-0.2, 0) is 26.0 Å². The molecule has 0 aliphatic carbocycles. The maximum atomic E-state index is 12.6. The molecule has 9 heteroatoms. The molecular weight excluding hydrogens is 408 g/mol. The number of rotatable bonds is 6. The second-order valence-electron chi connectivity index (χ2n) is 6.76. The van der Waals surface area contributed by atoms with E-state index < -0.39 is 22.0 Å². The predicted molar refractivity (Wildman–Crippen MR) is 112 cm³/mol. The first kappa shape index (κ1) is 23.5. The van der Waals surface area contributed by atoms with Crippen molar-refractivity contribution in [3.63, 3.8) is 0 Å². The van der Waals surface area contributed by atoms with Gasteiger partial charge in [0, 0.05) is 26.2 Å². The highest BCUT2D eigenvalue weighted by Gasteiger charge is 2.27. The number of hydrogen-bond donors (Lipinski definition) is 2. The van der Waals surface area contributed by atoms with Crippen LogP contribution < -0.4 is 0 Å². The summed E-state index contributed by atoms with van der Waals surface area (Å²) in [6, 6.07) is 19.2. The van der Waals surface area contributed by atoms with Gasteiger partial charge in [0.2, 0.25) is 10.0 Å². The Labute approximate surface area is 176 Å². The third kappa shape index (κ3) is 7.25. The van der Waals surface area contributed by atoms with Crippen molar-refractivity contribution >= 4 is 22.0 Å². The molecule has 2 aromatic carbocycles. The van der Waals surface area contributed by atoms with Crippen molar-refractivity contribution in [1.82, 2.24) is 9.21 Å². The van der Waals surface area contributed by atoms with E-state index >= 15 is 0 Å². The van der Waals surface area contributed by atoms with E-state index in [0.717, 1.165) is 32.5 Å². The largest absolute Gasteiger partial charge is 0.473 e. The van der Waals surface area contributed by atoms with Crippen molar-refractivity contribution in [2.45, 2.75) is 17.7 Å². The zero-order valence-electron chi connectivity index (χ0n) is 16.6. The molecule has 0 atom stereocenters. The summed E-state index contributed by atoms with van der Waals surface area (Å²) >= 11 is 0. The Bertz CT molecular complexity index is 899. The van der Waals surface area contributed by atoms with E-state index in [4.69, 9.17) is 19.8 Å². The quantitative estimate of drug-likeness (QED) is 0.666. The van der Waals surface area contributed by atoms with Gasteiger partial charge in [0.15, 0.2) is 0 Å². The molecule has 0 saturated carbocycles. The first-order valence-corrected chi connectivity index (χ1v) is 11.0. The van der Waals surface area contributed by atoms with Crippen molar-refractivity contribution in [3.8, 4) is 0 Å². The van der Waals surface area contributed by atoms with Gasteiger partial charge in [0.1, 0.15) is 0 Å². The maximum Gasteiger partial charge on any atom is 0.414 e. The SMILES string of the molecule is O=C(O)C(=O)O.O=S(=O)(c1ccccc1)N1CCN(CCCc2ccccc2)CC1. The molecule has 2 aromatic rings. The van der Waals surface area contributed by atoms with Crippen molar-refractivity contribution < 1.29 is 28.2 Å². The fraction of sp³-hybridized carbons (Fsp3) is 0.333. The van der Waals surface area contributed by atoms with Crippen LogP contribution in [0, 0.1) is 0 Å². The molecule has 0 unspecified atom stereocenters. The monoisotopic (exact) mass is 434 g/mol. The first-order chi connectivity index (χ1) is 14.3. The summed E-state index contributed by atoms with van der Waals surface area (Å²) in [5.41, 5.74) is 1.36. The van der Waals surface area contributed by atoms with Crippen LogP contribution >= 0.6 is 0 Å². The third-order valence-electron chi connectivity index (χ3n) is 4.68. The molecule has 8 nitrogen and oxygen atoms in total. The molecule has 1 fully saturated rings. The molecule has 2 N–H and O–H groups in total. The highest BCUT2D eigenvalue weighted by Crippen LogP contribution is 2.17. The molecule has 1 saturated heterocycles. The Balaban J connectivity index is 0.000000469. The number of piperazine rings is 1. The molecule has 0 spiro atoms. The van der Waals surface area contributed by atoms with Crippen molar-refractivity contribution in [2.75, 3.05) is 32.7 Å². The lowest BCUT2D eigenvalue weighted by Crippen LogP contribution is -2.48. The summed E-state index contributed by atoms with van der Waals surface area (Å²) in [6.07, 6.45) is 2.18. The summed E-state index contributed by atoms with van der Waals surface area (Å²) in [7, 11) is -3.34. The zero-order chi connectivity index (χ0) is 22.0. The highest BCUT2D eigenvalue weighted by molar-refractivity contribution is 7.89. The van der Waals surface area contributed by atoms with Crippen LogP contribution in [0.2, 0.25) is 0 Å². The van der Waals surface area contributed by atoms with E-state index in [0.29, 0.717) is 18.0 Å². The summed E-state index contributed by atoms with van der Waals surface area (Å²) in [6.45, 7) is 3.78. The maximum absolute atomic E-state index is 12.6. The minimum Gasteiger partial charge on any atom is -0.473 e. The summed E-state index contributed by atoms with van der Waals surface area (Å²) in [4.78, 5) is 21.0. The second-order valence-corrected chi connectivity index (χ2v) is 8.70. The second kappa shape index (κ2) is 11.4. The van der Waals surface area contributed by atoms with E-state index in [-0.39, 0.29) is 0 Å². The normalized spacial score (nSPS) is 15.1. The number of benzene rings is 2. The van der Waals surface area contributed by atoms with Gasteiger partial charge in [-0.3, -0.25) is 0 Å². The van der Waals surface area contributed by atoms with Gasteiger partial charge in [-0.15, -0.1) is 0 Å². The average Bonchev–Trinajstić information content (AvgIpc) is 2.76. The number of aliphatic carboxylic acids is 2. The molecule has 1 aliphatic heterocycles. The molecule has 162 valence electrons.